The van der Waals surface area contributed by atoms with Gasteiger partial charge in [0.2, 0.25) is 5.91 Å². The topological polar surface area (TPSA) is 92.0 Å². The predicted molar refractivity (Wildman–Crippen MR) is 114 cm³/mol. The van der Waals surface area contributed by atoms with E-state index < -0.39 is 0 Å². The minimum atomic E-state index is -0.264. The first-order valence-electron chi connectivity index (χ1n) is 10.3. The van der Waals surface area contributed by atoms with E-state index in [0.29, 0.717) is 31.7 Å². The Bertz CT molecular complexity index is 639. The summed E-state index contributed by atoms with van der Waals surface area (Å²) in [5.41, 5.74) is 6.50. The number of likely N-dealkylation sites (tertiary alicyclic amines) is 1. The van der Waals surface area contributed by atoms with Crippen LogP contribution in [0.5, 0.6) is 5.75 Å². The van der Waals surface area contributed by atoms with E-state index in [1.54, 1.807) is 0 Å². The van der Waals surface area contributed by atoms with Crippen molar-refractivity contribution in [2.75, 3.05) is 39.3 Å². The van der Waals surface area contributed by atoms with E-state index in [-0.39, 0.29) is 5.91 Å². The van der Waals surface area contributed by atoms with E-state index in [1.165, 1.54) is 5.56 Å². The summed E-state index contributed by atoms with van der Waals surface area (Å²) in [4.78, 5) is 17.8. The van der Waals surface area contributed by atoms with Gasteiger partial charge >= 0.3 is 0 Å². The Kier molecular flexibility index (Phi) is 9.07. The number of carbonyl (C=O) groups is 1. The molecule has 1 aromatic rings. The van der Waals surface area contributed by atoms with E-state index in [2.05, 4.69) is 47.4 Å². The van der Waals surface area contributed by atoms with Gasteiger partial charge in [-0.25, -0.2) is 4.99 Å². The number of primary amides is 1. The van der Waals surface area contributed by atoms with E-state index in [1.807, 2.05) is 18.2 Å². The monoisotopic (exact) mass is 389 g/mol. The lowest BCUT2D eigenvalue weighted by Gasteiger charge is -2.32. The van der Waals surface area contributed by atoms with Crippen molar-refractivity contribution in [2.24, 2.45) is 10.7 Å². The van der Waals surface area contributed by atoms with Gasteiger partial charge in [-0.2, -0.15) is 0 Å². The molecule has 1 heterocycles. The maximum Gasteiger partial charge on any atom is 0.231 e. The van der Waals surface area contributed by atoms with Crippen molar-refractivity contribution in [1.82, 2.24) is 15.5 Å². The molecule has 156 valence electrons. The molecule has 0 aliphatic carbocycles. The van der Waals surface area contributed by atoms with Gasteiger partial charge in [-0.05, 0) is 37.3 Å². The number of rotatable bonds is 9. The summed E-state index contributed by atoms with van der Waals surface area (Å²) < 4.78 is 5.95. The van der Waals surface area contributed by atoms with Crippen molar-refractivity contribution >= 4 is 11.9 Å². The second-order valence-electron chi connectivity index (χ2n) is 7.46. The van der Waals surface area contributed by atoms with Gasteiger partial charge in [-0.1, -0.05) is 32.0 Å². The van der Waals surface area contributed by atoms with Crippen LogP contribution >= 0.6 is 0 Å². The Hall–Kier alpha value is -2.28. The molecule has 0 radical (unpaired) electrons. The minimum absolute atomic E-state index is 0.264. The van der Waals surface area contributed by atoms with Crippen LogP contribution in [0.4, 0.5) is 0 Å². The first kappa shape index (κ1) is 22.0. The van der Waals surface area contributed by atoms with Gasteiger partial charge in [0.15, 0.2) is 5.96 Å². The van der Waals surface area contributed by atoms with Crippen LogP contribution in [0.3, 0.4) is 0 Å². The third-order valence-electron chi connectivity index (χ3n) is 4.81. The van der Waals surface area contributed by atoms with Crippen LogP contribution in [0.1, 0.15) is 45.1 Å². The fraction of sp³-hybridized carbons (Fsp3) is 0.619. The van der Waals surface area contributed by atoms with Gasteiger partial charge in [0.25, 0.3) is 0 Å². The first-order chi connectivity index (χ1) is 13.5. The lowest BCUT2D eigenvalue weighted by atomic mass is 10.0. The molecule has 2 rings (SSSR count). The second-order valence-corrected chi connectivity index (χ2v) is 7.46. The second kappa shape index (κ2) is 11.5. The van der Waals surface area contributed by atoms with E-state index in [9.17, 15) is 4.79 Å². The fourth-order valence-electron chi connectivity index (χ4n) is 3.37. The van der Waals surface area contributed by atoms with Crippen molar-refractivity contribution in [1.29, 1.82) is 0 Å². The summed E-state index contributed by atoms with van der Waals surface area (Å²) >= 11 is 0. The number of benzene rings is 1. The lowest BCUT2D eigenvalue weighted by Crippen LogP contribution is -2.49. The van der Waals surface area contributed by atoms with E-state index >= 15 is 0 Å². The molecule has 0 bridgehead atoms. The van der Waals surface area contributed by atoms with Crippen LogP contribution in [-0.2, 0) is 4.79 Å². The number of carbonyl (C=O) groups excluding carboxylic acids is 1. The summed E-state index contributed by atoms with van der Waals surface area (Å²) in [7, 11) is 0. The molecule has 0 spiro atoms. The quantitative estimate of drug-likeness (QED) is 0.340. The minimum Gasteiger partial charge on any atom is -0.491 e. The summed E-state index contributed by atoms with van der Waals surface area (Å²) in [5, 5.41) is 6.80. The molecule has 1 aliphatic rings. The number of piperidine rings is 1. The predicted octanol–water partition coefficient (Wildman–Crippen LogP) is 1.69. The highest BCUT2D eigenvalue weighted by molar-refractivity contribution is 5.80. The largest absolute Gasteiger partial charge is 0.491 e. The van der Waals surface area contributed by atoms with Crippen LogP contribution < -0.4 is 21.1 Å². The molecule has 7 heteroatoms. The summed E-state index contributed by atoms with van der Waals surface area (Å²) in [6, 6.07) is 8.52. The number of ether oxygens (including phenoxy) is 1. The molecule has 1 fully saturated rings. The van der Waals surface area contributed by atoms with Crippen LogP contribution in [0.2, 0.25) is 0 Å². The Morgan fingerprint density at radius 2 is 2.04 bits per heavy atom. The Morgan fingerprint density at radius 1 is 1.32 bits per heavy atom. The van der Waals surface area contributed by atoms with Gasteiger partial charge < -0.3 is 21.1 Å². The van der Waals surface area contributed by atoms with Crippen molar-refractivity contribution in [3.05, 3.63) is 29.8 Å². The molecule has 1 aliphatic heterocycles. The third kappa shape index (κ3) is 7.38. The molecule has 1 saturated heterocycles. The smallest absolute Gasteiger partial charge is 0.231 e. The van der Waals surface area contributed by atoms with Crippen molar-refractivity contribution in [3.8, 4) is 5.75 Å². The number of aliphatic imine (C=N–C) groups is 1. The lowest BCUT2D eigenvalue weighted by molar-refractivity contribution is -0.119. The average Bonchev–Trinajstić information content (AvgIpc) is 2.66. The van der Waals surface area contributed by atoms with Gasteiger partial charge in [-0.3, -0.25) is 9.69 Å². The van der Waals surface area contributed by atoms with E-state index in [0.717, 1.165) is 44.2 Å². The zero-order valence-electron chi connectivity index (χ0n) is 17.4. The molecule has 0 saturated carbocycles. The van der Waals surface area contributed by atoms with Gasteiger partial charge in [0, 0.05) is 25.7 Å². The number of hydrogen-bond donors (Lipinski definition) is 3. The Balaban J connectivity index is 1.80. The highest BCUT2D eigenvalue weighted by Crippen LogP contribution is 2.25. The Morgan fingerprint density at radius 3 is 2.68 bits per heavy atom. The number of guanidine groups is 1. The summed E-state index contributed by atoms with van der Waals surface area (Å²) in [5.74, 6) is 1.92. The maximum absolute atomic E-state index is 11.0. The number of hydrogen-bond acceptors (Lipinski definition) is 4. The molecule has 7 nitrogen and oxygen atoms in total. The van der Waals surface area contributed by atoms with Gasteiger partial charge in [0.1, 0.15) is 12.4 Å². The highest BCUT2D eigenvalue weighted by atomic mass is 16.5. The maximum atomic E-state index is 11.0. The normalized spacial score (nSPS) is 16.2. The van der Waals surface area contributed by atoms with Crippen molar-refractivity contribution in [2.45, 2.75) is 45.6 Å². The molecule has 1 aromatic carbocycles. The molecular weight excluding hydrogens is 354 g/mol. The fourth-order valence-corrected chi connectivity index (χ4v) is 3.37. The highest BCUT2D eigenvalue weighted by Gasteiger charge is 2.20. The van der Waals surface area contributed by atoms with Crippen LogP contribution in [-0.4, -0.2) is 62.1 Å². The number of amides is 1. The molecule has 4 N–H and O–H groups in total. The van der Waals surface area contributed by atoms with E-state index in [4.69, 9.17) is 10.5 Å². The molecule has 0 atom stereocenters. The molecular formula is C21H35N5O2. The Labute approximate surface area is 168 Å². The van der Waals surface area contributed by atoms with Crippen LogP contribution in [0.15, 0.2) is 29.3 Å². The van der Waals surface area contributed by atoms with Crippen molar-refractivity contribution < 1.29 is 9.53 Å². The standard InChI is InChI=1S/C21H35N5O2/c1-4-23-21(25-17-9-12-26(13-10-17)15-20(22)27)24-11-14-28-19-8-6-5-7-18(19)16(2)3/h5-8,16-17H,4,9-15H2,1-3H3,(H2,22,27)(H2,23,24,25). The molecule has 28 heavy (non-hydrogen) atoms. The number of nitrogens with one attached hydrogen (secondary N) is 2. The zero-order chi connectivity index (χ0) is 20.4. The average molecular weight is 390 g/mol. The van der Waals surface area contributed by atoms with Gasteiger partial charge in [0.05, 0.1) is 13.1 Å². The number of nitrogens with two attached hydrogens (primary N) is 1. The van der Waals surface area contributed by atoms with Crippen LogP contribution in [0.25, 0.3) is 0 Å². The zero-order valence-corrected chi connectivity index (χ0v) is 17.4. The van der Waals surface area contributed by atoms with Gasteiger partial charge in [-0.15, -0.1) is 0 Å². The van der Waals surface area contributed by atoms with Crippen LogP contribution in [0, 0.1) is 0 Å². The molecule has 0 aromatic heterocycles. The summed E-state index contributed by atoms with van der Waals surface area (Å²) in [6.45, 7) is 10.4. The molecule has 0 unspecified atom stereocenters. The molecule has 1 amide bonds. The summed E-state index contributed by atoms with van der Waals surface area (Å²) in [6.07, 6.45) is 1.94. The van der Waals surface area contributed by atoms with Crippen molar-refractivity contribution in [3.63, 3.8) is 0 Å². The SMILES string of the molecule is CCNC(=NCCOc1ccccc1C(C)C)NC1CCN(CC(N)=O)CC1. The number of para-hydroxylation sites is 1. The number of nitrogens with zero attached hydrogens (tertiary/aromatic N) is 2. The first-order valence-corrected chi connectivity index (χ1v) is 10.3. The third-order valence-corrected chi connectivity index (χ3v) is 4.81.